The molecule has 2 heterocycles. The number of hydrogen-bond donors (Lipinski definition) is 2. The Labute approximate surface area is 111 Å². The van der Waals surface area contributed by atoms with E-state index in [1.54, 1.807) is 13.2 Å². The summed E-state index contributed by atoms with van der Waals surface area (Å²) in [6.07, 6.45) is 1.82. The van der Waals surface area contributed by atoms with Crippen molar-refractivity contribution in [2.75, 3.05) is 33.1 Å². The van der Waals surface area contributed by atoms with Crippen LogP contribution in [-0.2, 0) is 9.53 Å². The quantitative estimate of drug-likeness (QED) is 0.846. The number of anilines is 1. The van der Waals surface area contributed by atoms with Crippen molar-refractivity contribution < 1.29 is 9.53 Å². The number of hydrogen-bond acceptors (Lipinski definition) is 4. The number of nitrogens with zero attached hydrogens (tertiary/aromatic N) is 2. The maximum Gasteiger partial charge on any atom is 0.245 e. The summed E-state index contributed by atoms with van der Waals surface area (Å²) in [5.41, 5.74) is 0.756. The number of H-pyrrole nitrogens is 1. The van der Waals surface area contributed by atoms with Gasteiger partial charge in [-0.05, 0) is 32.3 Å². The van der Waals surface area contributed by atoms with E-state index in [0.717, 1.165) is 11.0 Å². The van der Waals surface area contributed by atoms with Crippen molar-refractivity contribution in [2.24, 2.45) is 0 Å². The molecule has 19 heavy (non-hydrogen) atoms. The monoisotopic (exact) mass is 262 g/mol. The van der Waals surface area contributed by atoms with Crippen molar-refractivity contribution in [3.63, 3.8) is 0 Å². The third kappa shape index (κ3) is 3.10. The number of methoxy groups -OCH3 is 1. The van der Waals surface area contributed by atoms with E-state index in [-0.39, 0.29) is 11.9 Å². The highest BCUT2D eigenvalue weighted by Gasteiger charge is 2.21. The number of rotatable bonds is 5. The Balaban J connectivity index is 2.12. The largest absolute Gasteiger partial charge is 0.383 e. The molecule has 0 saturated heterocycles. The molecule has 6 heteroatoms. The van der Waals surface area contributed by atoms with E-state index in [1.165, 1.54) is 0 Å². The number of carbonyl (C=O) groups excluding carboxylic acids is 1. The summed E-state index contributed by atoms with van der Waals surface area (Å²) in [5, 5.41) is 3.81. The molecular weight excluding hydrogens is 244 g/mol. The molecule has 0 aliphatic rings. The van der Waals surface area contributed by atoms with Crippen LogP contribution in [0.4, 0.5) is 5.82 Å². The summed E-state index contributed by atoms with van der Waals surface area (Å²) in [6, 6.07) is 5.29. The molecule has 2 aromatic heterocycles. The van der Waals surface area contributed by atoms with Crippen molar-refractivity contribution in [3.8, 4) is 0 Å². The third-order valence-electron chi connectivity index (χ3n) is 2.91. The van der Waals surface area contributed by atoms with Crippen molar-refractivity contribution in [1.82, 2.24) is 14.9 Å². The number of fused-ring (bicyclic) bond motifs is 1. The summed E-state index contributed by atoms with van der Waals surface area (Å²) >= 11 is 0. The topological polar surface area (TPSA) is 70.2 Å². The van der Waals surface area contributed by atoms with Gasteiger partial charge in [-0.25, -0.2) is 4.98 Å². The van der Waals surface area contributed by atoms with E-state index in [0.29, 0.717) is 12.4 Å². The first-order chi connectivity index (χ1) is 9.11. The molecule has 0 radical (unpaired) electrons. The standard InChI is InChI=1S/C13H18N4O2/c1-17(2)10(8-19-3)13(18)16-11-5-4-9-6-7-14-12(9)15-11/h4-7,10H,8H2,1-3H3,(H2,14,15,16,18). The Hall–Kier alpha value is -1.92. The van der Waals surface area contributed by atoms with Crippen molar-refractivity contribution in [3.05, 3.63) is 24.4 Å². The minimum atomic E-state index is -0.342. The maximum absolute atomic E-state index is 12.1. The molecule has 1 amide bonds. The highest BCUT2D eigenvalue weighted by Crippen LogP contribution is 2.13. The van der Waals surface area contributed by atoms with Gasteiger partial charge in [-0.3, -0.25) is 9.69 Å². The summed E-state index contributed by atoms with van der Waals surface area (Å²) < 4.78 is 5.05. The van der Waals surface area contributed by atoms with Gasteiger partial charge in [0, 0.05) is 18.7 Å². The second-order valence-corrected chi connectivity index (χ2v) is 4.54. The molecule has 2 rings (SSSR count). The molecular formula is C13H18N4O2. The molecule has 0 aromatic carbocycles. The Morgan fingerprint density at radius 1 is 1.47 bits per heavy atom. The number of ether oxygens (including phenoxy) is 1. The fraction of sp³-hybridized carbons (Fsp3) is 0.385. The van der Waals surface area contributed by atoms with Crippen LogP contribution < -0.4 is 5.32 Å². The normalized spacial score (nSPS) is 12.8. The fourth-order valence-electron chi connectivity index (χ4n) is 1.83. The summed E-state index contributed by atoms with van der Waals surface area (Å²) in [7, 11) is 5.25. The van der Waals surface area contributed by atoms with Gasteiger partial charge in [0.15, 0.2) is 0 Å². The molecule has 0 aliphatic carbocycles. The zero-order chi connectivity index (χ0) is 13.8. The van der Waals surface area contributed by atoms with Crippen LogP contribution in [0.2, 0.25) is 0 Å². The SMILES string of the molecule is COCC(C(=O)Nc1ccc2cc[nH]c2n1)N(C)C. The van der Waals surface area contributed by atoms with Gasteiger partial charge in [0.2, 0.25) is 5.91 Å². The molecule has 2 aromatic rings. The number of pyridine rings is 1. The molecule has 102 valence electrons. The van der Waals surface area contributed by atoms with Gasteiger partial charge in [0.1, 0.15) is 17.5 Å². The van der Waals surface area contributed by atoms with E-state index >= 15 is 0 Å². The molecule has 0 fully saturated rings. The molecule has 2 N–H and O–H groups in total. The lowest BCUT2D eigenvalue weighted by atomic mass is 10.2. The van der Waals surface area contributed by atoms with Crippen molar-refractivity contribution in [2.45, 2.75) is 6.04 Å². The molecule has 1 atom stereocenters. The lowest BCUT2D eigenvalue weighted by Gasteiger charge is -2.22. The van der Waals surface area contributed by atoms with Crippen LogP contribution >= 0.6 is 0 Å². The zero-order valence-electron chi connectivity index (χ0n) is 11.3. The maximum atomic E-state index is 12.1. The highest BCUT2D eigenvalue weighted by molar-refractivity contribution is 5.95. The third-order valence-corrected chi connectivity index (χ3v) is 2.91. The van der Waals surface area contributed by atoms with E-state index < -0.39 is 0 Å². The zero-order valence-corrected chi connectivity index (χ0v) is 11.3. The average molecular weight is 262 g/mol. The Morgan fingerprint density at radius 2 is 2.26 bits per heavy atom. The number of likely N-dealkylation sites (N-methyl/N-ethyl adjacent to an activating group) is 1. The van der Waals surface area contributed by atoms with Gasteiger partial charge in [-0.1, -0.05) is 0 Å². The minimum absolute atomic E-state index is 0.134. The molecule has 0 saturated carbocycles. The number of nitrogens with one attached hydrogen (secondary N) is 2. The first-order valence-corrected chi connectivity index (χ1v) is 6.02. The smallest absolute Gasteiger partial charge is 0.245 e. The molecule has 6 nitrogen and oxygen atoms in total. The lowest BCUT2D eigenvalue weighted by Crippen LogP contribution is -2.43. The van der Waals surface area contributed by atoms with Gasteiger partial charge in [-0.2, -0.15) is 0 Å². The van der Waals surface area contributed by atoms with Gasteiger partial charge >= 0.3 is 0 Å². The van der Waals surface area contributed by atoms with Crippen LogP contribution in [-0.4, -0.2) is 54.6 Å². The lowest BCUT2D eigenvalue weighted by molar-refractivity contribution is -0.122. The van der Waals surface area contributed by atoms with Crippen LogP contribution in [0.5, 0.6) is 0 Å². The Kier molecular flexibility index (Phi) is 4.13. The first-order valence-electron chi connectivity index (χ1n) is 6.02. The predicted molar refractivity (Wildman–Crippen MR) is 74.1 cm³/mol. The van der Waals surface area contributed by atoms with Gasteiger partial charge in [0.25, 0.3) is 0 Å². The van der Waals surface area contributed by atoms with Crippen LogP contribution in [0.1, 0.15) is 0 Å². The summed E-state index contributed by atoms with van der Waals surface area (Å²) in [5.74, 6) is 0.396. The molecule has 0 bridgehead atoms. The van der Waals surface area contributed by atoms with E-state index in [2.05, 4.69) is 15.3 Å². The molecule has 0 aliphatic heterocycles. The Bertz CT molecular complexity index is 565. The predicted octanol–water partition coefficient (Wildman–Crippen LogP) is 1.08. The average Bonchev–Trinajstić information content (AvgIpc) is 2.82. The van der Waals surface area contributed by atoms with Crippen LogP contribution in [0.25, 0.3) is 11.0 Å². The number of amides is 1. The van der Waals surface area contributed by atoms with Gasteiger partial charge in [0.05, 0.1) is 6.61 Å². The van der Waals surface area contributed by atoms with Crippen LogP contribution in [0, 0.1) is 0 Å². The van der Waals surface area contributed by atoms with E-state index in [4.69, 9.17) is 4.74 Å². The second-order valence-electron chi connectivity index (χ2n) is 4.54. The highest BCUT2D eigenvalue weighted by atomic mass is 16.5. The number of aromatic amines is 1. The summed E-state index contributed by atoms with van der Waals surface area (Å²) in [6.45, 7) is 0.337. The fourth-order valence-corrected chi connectivity index (χ4v) is 1.83. The number of aromatic nitrogens is 2. The van der Waals surface area contributed by atoms with Crippen molar-refractivity contribution >= 4 is 22.8 Å². The van der Waals surface area contributed by atoms with Gasteiger partial charge < -0.3 is 15.0 Å². The Morgan fingerprint density at radius 3 is 2.95 bits per heavy atom. The van der Waals surface area contributed by atoms with Gasteiger partial charge in [-0.15, -0.1) is 0 Å². The minimum Gasteiger partial charge on any atom is -0.383 e. The summed E-state index contributed by atoms with van der Waals surface area (Å²) in [4.78, 5) is 21.3. The first kappa shape index (κ1) is 13.5. The van der Waals surface area contributed by atoms with Crippen LogP contribution in [0.3, 0.4) is 0 Å². The molecule has 0 spiro atoms. The van der Waals surface area contributed by atoms with E-state index in [9.17, 15) is 4.79 Å². The number of carbonyl (C=O) groups is 1. The van der Waals surface area contributed by atoms with Crippen LogP contribution in [0.15, 0.2) is 24.4 Å². The van der Waals surface area contributed by atoms with E-state index in [1.807, 2.05) is 37.3 Å². The van der Waals surface area contributed by atoms with Crippen molar-refractivity contribution in [1.29, 1.82) is 0 Å². The molecule has 1 unspecified atom stereocenters. The second kappa shape index (κ2) is 5.81.